The third-order valence-corrected chi connectivity index (χ3v) is 18.9. The summed E-state index contributed by atoms with van der Waals surface area (Å²) in [6.45, 7) is 12.1. The molecule has 0 radical (unpaired) electrons. The Morgan fingerprint density at radius 3 is 2.44 bits per heavy atom. The van der Waals surface area contributed by atoms with Gasteiger partial charge < -0.3 is 29.8 Å². The lowest BCUT2D eigenvalue weighted by molar-refractivity contribution is -0.384. The van der Waals surface area contributed by atoms with Crippen LogP contribution in [0.3, 0.4) is 0 Å². The predicted octanol–water partition coefficient (Wildman–Crippen LogP) is 11.2. The van der Waals surface area contributed by atoms with Crippen molar-refractivity contribution in [1.29, 1.82) is 0 Å². The van der Waals surface area contributed by atoms with Crippen molar-refractivity contribution in [3.8, 4) is 17.2 Å². The number of piperazine rings is 1. The summed E-state index contributed by atoms with van der Waals surface area (Å²) in [4.78, 5) is 40.0. The molecule has 4 heterocycles. The van der Waals surface area contributed by atoms with Gasteiger partial charge in [-0.15, -0.1) is 0 Å². The maximum absolute atomic E-state index is 14.8. The fourth-order valence-corrected chi connectivity index (χ4v) is 13.8. The Morgan fingerprint density at radius 2 is 1.71 bits per heavy atom. The van der Waals surface area contributed by atoms with Gasteiger partial charge in [-0.3, -0.25) is 24.7 Å². The van der Waals surface area contributed by atoms with Gasteiger partial charge in [-0.25, -0.2) is 22.5 Å². The van der Waals surface area contributed by atoms with Crippen molar-refractivity contribution in [2.45, 2.75) is 126 Å². The van der Waals surface area contributed by atoms with Crippen LogP contribution in [0.5, 0.6) is 17.2 Å². The molecular weight excluding hydrogens is 1010 g/mol. The van der Waals surface area contributed by atoms with Crippen LogP contribution in [0.15, 0.2) is 102 Å². The van der Waals surface area contributed by atoms with E-state index in [-0.39, 0.29) is 45.5 Å². The molecule has 2 aromatic heterocycles. The third kappa shape index (κ3) is 11.3. The number of amides is 1. The van der Waals surface area contributed by atoms with Crippen LogP contribution in [0, 0.1) is 27.3 Å². The van der Waals surface area contributed by atoms with E-state index in [1.807, 2.05) is 0 Å². The number of nitrogens with one attached hydrogen (secondary N) is 3. The first-order chi connectivity index (χ1) is 37.4. The lowest BCUT2D eigenvalue weighted by Gasteiger charge is -2.58. The maximum atomic E-state index is 14.8. The molecule has 2 aliphatic heterocycles. The number of nitrogens with zero attached hydrogens (tertiary/aromatic N) is 5. The van der Waals surface area contributed by atoms with Gasteiger partial charge in [0, 0.05) is 81.9 Å². The summed E-state index contributed by atoms with van der Waals surface area (Å²) in [5.41, 5.74) is 5.56. The number of ether oxygens (including phenoxy) is 2. The minimum absolute atomic E-state index is 0.0253. The molecular formula is C60H71FN8O8S. The van der Waals surface area contributed by atoms with Crippen LogP contribution in [0.4, 0.5) is 21.5 Å². The highest BCUT2D eigenvalue weighted by Gasteiger charge is 2.50. The molecule has 4 N–H and O–H groups in total. The molecule has 18 heteroatoms. The number of halogens is 1. The van der Waals surface area contributed by atoms with Crippen molar-refractivity contribution in [2.75, 3.05) is 56.6 Å². The van der Waals surface area contributed by atoms with Crippen LogP contribution in [0.2, 0.25) is 0 Å². The van der Waals surface area contributed by atoms with Crippen molar-refractivity contribution < 1.29 is 37.1 Å². The number of methoxy groups -OCH3 is 1. The average molecular weight is 1080 g/mol. The molecule has 78 heavy (non-hydrogen) atoms. The Morgan fingerprint density at radius 1 is 0.936 bits per heavy atom. The largest absolute Gasteiger partial charge is 0.496 e. The van der Waals surface area contributed by atoms with E-state index in [0.29, 0.717) is 42.9 Å². The number of pyridine rings is 1. The highest BCUT2D eigenvalue weighted by molar-refractivity contribution is 7.90. The lowest BCUT2D eigenvalue weighted by atomic mass is 9.59. The molecule has 1 atom stereocenters. The summed E-state index contributed by atoms with van der Waals surface area (Å²) in [5.74, 6) is 0.812. The molecule has 5 aliphatic rings. The van der Waals surface area contributed by atoms with E-state index in [0.717, 1.165) is 95.3 Å². The zero-order chi connectivity index (χ0) is 54.5. The summed E-state index contributed by atoms with van der Waals surface area (Å²) >= 11 is 0. The number of benzene rings is 4. The number of H-pyrrole nitrogens is 1. The Bertz CT molecular complexity index is 3320. The number of fused-ring (bicyclic) bond motifs is 1. The molecule has 1 spiro atoms. The molecule has 2 saturated heterocycles. The number of anilines is 2. The number of rotatable bonds is 17. The average Bonchev–Trinajstić information content (AvgIpc) is 4.32. The quantitative estimate of drug-likeness (QED) is 0.0498. The number of hydrogen-bond donors (Lipinski definition) is 4. The summed E-state index contributed by atoms with van der Waals surface area (Å²) in [5, 5.41) is 25.9. The number of aliphatic hydroxyl groups is 1. The first-order valence-electron chi connectivity index (χ1n) is 27.7. The maximum Gasteiger partial charge on any atom is 0.293 e. The smallest absolute Gasteiger partial charge is 0.293 e. The van der Waals surface area contributed by atoms with Gasteiger partial charge in [0.2, 0.25) is 0 Å². The molecule has 1 amide bonds. The molecule has 412 valence electrons. The van der Waals surface area contributed by atoms with E-state index >= 15 is 0 Å². The minimum Gasteiger partial charge on any atom is -0.496 e. The second-order valence-corrected chi connectivity index (χ2v) is 25.0. The fourth-order valence-electron chi connectivity index (χ4n) is 12.8. The molecule has 5 fully saturated rings. The molecule has 3 aliphatic carbocycles. The summed E-state index contributed by atoms with van der Waals surface area (Å²) in [6.07, 6.45) is 12.0. The number of aromatic amines is 1. The van der Waals surface area contributed by atoms with Gasteiger partial charge in [0.15, 0.2) is 0 Å². The summed E-state index contributed by atoms with van der Waals surface area (Å²) in [6, 6.07) is 26.5. The summed E-state index contributed by atoms with van der Waals surface area (Å²) < 4.78 is 56.8. The van der Waals surface area contributed by atoms with E-state index in [2.05, 4.69) is 91.0 Å². The molecule has 4 aromatic carbocycles. The summed E-state index contributed by atoms with van der Waals surface area (Å²) in [7, 11) is -2.86. The monoisotopic (exact) mass is 1080 g/mol. The van der Waals surface area contributed by atoms with Crippen molar-refractivity contribution in [2.24, 2.45) is 11.3 Å². The molecule has 11 rings (SSSR count). The van der Waals surface area contributed by atoms with Gasteiger partial charge in [-0.1, -0.05) is 50.2 Å². The molecule has 0 bridgehead atoms. The molecule has 1 unspecified atom stereocenters. The van der Waals surface area contributed by atoms with E-state index in [1.54, 1.807) is 26.2 Å². The number of carbonyl (C=O) groups excluding carboxylic acids is 1. The SMILES string of the molecule is COc1cc(CN2CCN(C3CC4(CCN(c5ccc(C(=O)NS(=O)(=O)c6ccc(NCC7CCC(C)(O)CC7)c([N+](=O)[O-])c6)c(Oc6cnc7[nH]cc(F)c7c6)c5)CC4)C3)C(c3ccccc3C(C)C)C2)ccc1C1CC1. The molecule has 16 nitrogen and oxygen atoms in total. The molecule has 3 saturated carbocycles. The van der Waals surface area contributed by atoms with E-state index in [9.17, 15) is 32.8 Å². The first kappa shape index (κ1) is 53.4. The number of nitro groups is 1. The number of sulfonamides is 1. The van der Waals surface area contributed by atoms with E-state index < -0.39 is 42.9 Å². The number of nitro benzene ring substituents is 1. The number of carbonyl (C=O) groups is 1. The van der Waals surface area contributed by atoms with Gasteiger partial charge >= 0.3 is 0 Å². The Hall–Kier alpha value is -6.60. The second-order valence-electron chi connectivity index (χ2n) is 23.4. The van der Waals surface area contributed by atoms with Crippen molar-refractivity contribution in [3.05, 3.63) is 141 Å². The topological polar surface area (TPSA) is 195 Å². The van der Waals surface area contributed by atoms with Crippen LogP contribution in [0.1, 0.15) is 135 Å². The van der Waals surface area contributed by atoms with Crippen molar-refractivity contribution in [1.82, 2.24) is 24.5 Å². The Balaban J connectivity index is 0.782. The standard InChI is InChI=1S/C60H71FN8O8S/c1-38(2)46-7-5-6-8-48(46)54-37-66(36-40-9-14-47(41-10-11-41)55(27-40)76-4)25-26-68(54)43-31-60(32-43)21-23-67(24-22-60)42-12-15-49(56(28-42)77-44-29-50-51(61)35-64-57(50)63-34-44)58(70)65-78(74,75)45-13-16-52(53(30-45)69(72)73)62-33-39-17-19-59(3,71)20-18-39/h5-9,12-16,27-30,34-35,38-39,41,43,54,62,71H,10-11,17-26,31-33,36-37H2,1-4H3,(H,63,64)(H,65,70). The highest BCUT2D eigenvalue weighted by Crippen LogP contribution is 2.54. The van der Waals surface area contributed by atoms with E-state index in [4.69, 9.17) is 9.47 Å². The zero-order valence-electron chi connectivity index (χ0n) is 45.0. The van der Waals surface area contributed by atoms with Crippen molar-refractivity contribution >= 4 is 44.0 Å². The number of piperidine rings is 1. The lowest BCUT2D eigenvalue weighted by Crippen LogP contribution is -2.60. The van der Waals surface area contributed by atoms with Gasteiger partial charge in [0.1, 0.15) is 34.4 Å². The van der Waals surface area contributed by atoms with Crippen LogP contribution >= 0.6 is 0 Å². The van der Waals surface area contributed by atoms with Crippen LogP contribution in [-0.2, 0) is 16.6 Å². The van der Waals surface area contributed by atoms with Crippen LogP contribution in [0.25, 0.3) is 11.0 Å². The van der Waals surface area contributed by atoms with Gasteiger partial charge in [-0.2, -0.15) is 0 Å². The van der Waals surface area contributed by atoms with Gasteiger partial charge in [0.05, 0.1) is 39.7 Å². The molecule has 6 aromatic rings. The minimum atomic E-state index is -4.65. The predicted molar refractivity (Wildman–Crippen MR) is 299 cm³/mol. The van der Waals surface area contributed by atoms with Gasteiger partial charge in [0.25, 0.3) is 21.6 Å². The zero-order valence-corrected chi connectivity index (χ0v) is 45.8. The second kappa shape index (κ2) is 21.6. The Labute approximate surface area is 455 Å². The number of hydrogen-bond acceptors (Lipinski definition) is 13. The first-order valence-corrected chi connectivity index (χ1v) is 29.2. The normalized spacial score (nSPS) is 22.1. The fraction of sp³-hybridized carbons (Fsp3) is 0.467. The van der Waals surface area contributed by atoms with Crippen LogP contribution < -0.4 is 24.4 Å². The van der Waals surface area contributed by atoms with Gasteiger partial charge in [-0.05, 0) is 153 Å². The number of aromatic nitrogens is 2. The van der Waals surface area contributed by atoms with Crippen LogP contribution in [-0.4, -0.2) is 102 Å². The van der Waals surface area contributed by atoms with Crippen molar-refractivity contribution in [3.63, 3.8) is 0 Å². The van der Waals surface area contributed by atoms with E-state index in [1.165, 1.54) is 71.8 Å². The highest BCUT2D eigenvalue weighted by atomic mass is 32.2. The third-order valence-electron chi connectivity index (χ3n) is 17.6. The Kier molecular flexibility index (Phi) is 14.8.